The first-order chi connectivity index (χ1) is 9.01. The number of rotatable bonds is 4. The van der Waals surface area contributed by atoms with Gasteiger partial charge in [-0.25, -0.2) is 0 Å². The summed E-state index contributed by atoms with van der Waals surface area (Å²) in [6, 6.07) is 2.33. The first-order valence-electron chi connectivity index (χ1n) is 7.09. The van der Waals surface area contributed by atoms with E-state index in [2.05, 4.69) is 43.7 Å². The standard InChI is InChI=1S/C15H25ClN2S/c1-11-6-5-8-15(10-11,18(3)4)14(17-2)13-12(16)7-9-19-13/h7,9,11,14,17H,5-6,8,10H2,1-4H3. The van der Waals surface area contributed by atoms with Crippen molar-refractivity contribution in [1.29, 1.82) is 0 Å². The van der Waals surface area contributed by atoms with E-state index in [1.54, 1.807) is 11.3 Å². The van der Waals surface area contributed by atoms with E-state index in [1.807, 2.05) is 6.07 Å². The van der Waals surface area contributed by atoms with E-state index in [0.717, 1.165) is 10.9 Å². The molecule has 1 aliphatic carbocycles. The Hall–Kier alpha value is -0.0900. The van der Waals surface area contributed by atoms with Crippen molar-refractivity contribution in [2.24, 2.45) is 5.92 Å². The van der Waals surface area contributed by atoms with E-state index in [-0.39, 0.29) is 5.54 Å². The van der Waals surface area contributed by atoms with E-state index in [9.17, 15) is 0 Å². The SMILES string of the molecule is CNC(c1sccc1Cl)C1(N(C)C)CCCC(C)C1. The van der Waals surface area contributed by atoms with Gasteiger partial charge in [-0.05, 0) is 51.3 Å². The third-order valence-electron chi connectivity index (χ3n) is 4.63. The van der Waals surface area contributed by atoms with Gasteiger partial charge in [0.15, 0.2) is 0 Å². The van der Waals surface area contributed by atoms with Gasteiger partial charge >= 0.3 is 0 Å². The van der Waals surface area contributed by atoms with Crippen LogP contribution in [0.5, 0.6) is 0 Å². The van der Waals surface area contributed by atoms with Crippen LogP contribution in [0.3, 0.4) is 0 Å². The van der Waals surface area contributed by atoms with Gasteiger partial charge in [0.05, 0.1) is 11.1 Å². The van der Waals surface area contributed by atoms with Gasteiger partial charge in [-0.3, -0.25) is 0 Å². The Kier molecular flexibility index (Phi) is 4.93. The van der Waals surface area contributed by atoms with Crippen LogP contribution >= 0.6 is 22.9 Å². The van der Waals surface area contributed by atoms with Crippen LogP contribution in [-0.4, -0.2) is 31.6 Å². The topological polar surface area (TPSA) is 15.3 Å². The molecule has 1 aromatic heterocycles. The van der Waals surface area contributed by atoms with Crippen LogP contribution in [0.25, 0.3) is 0 Å². The number of thiophene rings is 1. The van der Waals surface area contributed by atoms with Crippen LogP contribution < -0.4 is 5.32 Å². The van der Waals surface area contributed by atoms with Crippen molar-refractivity contribution in [2.75, 3.05) is 21.1 Å². The summed E-state index contributed by atoms with van der Waals surface area (Å²) in [5.74, 6) is 0.783. The average molecular weight is 301 g/mol. The second kappa shape index (κ2) is 6.13. The summed E-state index contributed by atoms with van der Waals surface area (Å²) >= 11 is 8.16. The predicted octanol–water partition coefficient (Wildman–Crippen LogP) is 4.17. The van der Waals surface area contributed by atoms with E-state index >= 15 is 0 Å². The summed E-state index contributed by atoms with van der Waals surface area (Å²) in [7, 11) is 6.49. The number of nitrogens with zero attached hydrogens (tertiary/aromatic N) is 1. The van der Waals surface area contributed by atoms with E-state index < -0.39 is 0 Å². The lowest BCUT2D eigenvalue weighted by Crippen LogP contribution is -2.55. The Labute approximate surface area is 126 Å². The molecule has 19 heavy (non-hydrogen) atoms. The van der Waals surface area contributed by atoms with Gasteiger partial charge in [0, 0.05) is 10.4 Å². The molecule has 2 rings (SSSR count). The highest BCUT2D eigenvalue weighted by molar-refractivity contribution is 7.10. The molecular weight excluding hydrogens is 276 g/mol. The largest absolute Gasteiger partial charge is 0.311 e. The van der Waals surface area contributed by atoms with Crippen molar-refractivity contribution < 1.29 is 0 Å². The molecule has 0 aromatic carbocycles. The minimum atomic E-state index is 0.181. The predicted molar refractivity (Wildman–Crippen MR) is 85.2 cm³/mol. The maximum absolute atomic E-state index is 6.39. The van der Waals surface area contributed by atoms with Gasteiger partial charge in [-0.2, -0.15) is 0 Å². The lowest BCUT2D eigenvalue weighted by molar-refractivity contribution is 0.0405. The molecule has 0 radical (unpaired) electrons. The highest BCUT2D eigenvalue weighted by Gasteiger charge is 2.44. The van der Waals surface area contributed by atoms with Crippen LogP contribution in [0.4, 0.5) is 0 Å². The van der Waals surface area contributed by atoms with Crippen LogP contribution in [-0.2, 0) is 0 Å². The van der Waals surface area contributed by atoms with E-state index in [1.165, 1.54) is 30.6 Å². The Morgan fingerprint density at radius 2 is 2.26 bits per heavy atom. The summed E-state index contributed by atoms with van der Waals surface area (Å²) < 4.78 is 0. The fourth-order valence-corrected chi connectivity index (χ4v) is 5.03. The minimum absolute atomic E-state index is 0.181. The normalized spacial score (nSPS) is 29.7. The summed E-state index contributed by atoms with van der Waals surface area (Å²) in [5.41, 5.74) is 0.181. The molecule has 4 heteroatoms. The summed E-state index contributed by atoms with van der Waals surface area (Å²) in [4.78, 5) is 3.70. The van der Waals surface area contributed by atoms with Gasteiger partial charge in [-0.1, -0.05) is 31.4 Å². The third-order valence-corrected chi connectivity index (χ3v) is 6.06. The fourth-order valence-electron chi connectivity index (χ4n) is 3.65. The molecule has 1 saturated carbocycles. The molecule has 3 unspecified atom stereocenters. The molecule has 1 N–H and O–H groups in total. The summed E-state index contributed by atoms with van der Waals surface area (Å²) in [6.07, 6.45) is 5.13. The molecule has 1 heterocycles. The molecule has 3 atom stereocenters. The van der Waals surface area contributed by atoms with Crippen molar-refractivity contribution >= 4 is 22.9 Å². The van der Waals surface area contributed by atoms with Crippen molar-refractivity contribution in [3.05, 3.63) is 21.3 Å². The minimum Gasteiger partial charge on any atom is -0.311 e. The second-order valence-corrected chi connectivity index (χ2v) is 7.41. The summed E-state index contributed by atoms with van der Waals surface area (Å²) in [6.45, 7) is 2.38. The van der Waals surface area contributed by atoms with Gasteiger partial charge < -0.3 is 10.2 Å². The zero-order valence-electron chi connectivity index (χ0n) is 12.4. The molecule has 1 fully saturated rings. The summed E-state index contributed by atoms with van der Waals surface area (Å²) in [5, 5.41) is 6.54. The molecule has 0 amide bonds. The Morgan fingerprint density at radius 1 is 1.53 bits per heavy atom. The lowest BCUT2D eigenvalue weighted by atomic mass is 9.71. The Balaban J connectivity index is 2.39. The van der Waals surface area contributed by atoms with Crippen molar-refractivity contribution in [3.8, 4) is 0 Å². The number of nitrogens with one attached hydrogen (secondary N) is 1. The molecule has 0 saturated heterocycles. The zero-order chi connectivity index (χ0) is 14.0. The van der Waals surface area contributed by atoms with Crippen molar-refractivity contribution in [1.82, 2.24) is 10.2 Å². The van der Waals surface area contributed by atoms with Gasteiger partial charge in [0.25, 0.3) is 0 Å². The maximum Gasteiger partial charge on any atom is 0.0614 e. The number of halogens is 1. The average Bonchev–Trinajstić information content (AvgIpc) is 2.76. The fraction of sp³-hybridized carbons (Fsp3) is 0.733. The van der Waals surface area contributed by atoms with Crippen molar-refractivity contribution in [2.45, 2.75) is 44.2 Å². The maximum atomic E-state index is 6.39. The smallest absolute Gasteiger partial charge is 0.0614 e. The van der Waals surface area contributed by atoms with E-state index in [0.29, 0.717) is 6.04 Å². The first-order valence-corrected chi connectivity index (χ1v) is 8.34. The van der Waals surface area contributed by atoms with Crippen LogP contribution in [0, 0.1) is 5.92 Å². The first kappa shape index (κ1) is 15.3. The molecule has 0 aliphatic heterocycles. The molecule has 1 aliphatic rings. The van der Waals surface area contributed by atoms with Gasteiger partial charge in [0.2, 0.25) is 0 Å². The molecule has 1 aromatic rings. The van der Waals surface area contributed by atoms with Crippen LogP contribution in [0.1, 0.15) is 43.5 Å². The molecule has 2 nitrogen and oxygen atoms in total. The van der Waals surface area contributed by atoms with Crippen LogP contribution in [0.2, 0.25) is 5.02 Å². The quantitative estimate of drug-likeness (QED) is 0.897. The van der Waals surface area contributed by atoms with Crippen molar-refractivity contribution in [3.63, 3.8) is 0 Å². The molecule has 0 spiro atoms. The highest BCUT2D eigenvalue weighted by Crippen LogP contribution is 2.46. The van der Waals surface area contributed by atoms with E-state index in [4.69, 9.17) is 11.6 Å². The lowest BCUT2D eigenvalue weighted by Gasteiger charge is -2.50. The Bertz CT molecular complexity index is 418. The number of hydrogen-bond donors (Lipinski definition) is 1. The number of hydrogen-bond acceptors (Lipinski definition) is 3. The van der Waals surface area contributed by atoms with Gasteiger partial charge in [-0.15, -0.1) is 11.3 Å². The van der Waals surface area contributed by atoms with Crippen LogP contribution in [0.15, 0.2) is 11.4 Å². The zero-order valence-corrected chi connectivity index (χ0v) is 13.9. The van der Waals surface area contributed by atoms with Gasteiger partial charge in [0.1, 0.15) is 0 Å². The Morgan fingerprint density at radius 3 is 2.74 bits per heavy atom. The second-order valence-electron chi connectivity index (χ2n) is 6.05. The molecular formula is C15H25ClN2S. The third kappa shape index (κ3) is 2.85. The highest BCUT2D eigenvalue weighted by atomic mass is 35.5. The monoisotopic (exact) mass is 300 g/mol. The molecule has 0 bridgehead atoms. The number of likely N-dealkylation sites (N-methyl/N-ethyl adjacent to an activating group) is 2. The molecule has 108 valence electrons.